The molecule has 6 heteroatoms. The van der Waals surface area contributed by atoms with Gasteiger partial charge in [-0.2, -0.15) is 0 Å². The molecule has 2 heterocycles. The quantitative estimate of drug-likeness (QED) is 0.892. The summed E-state index contributed by atoms with van der Waals surface area (Å²) in [5, 5.41) is 3.18. The molecule has 1 aromatic heterocycles. The smallest absolute Gasteiger partial charge is 0.270 e. The van der Waals surface area contributed by atoms with Gasteiger partial charge < -0.3 is 19.5 Å². The van der Waals surface area contributed by atoms with E-state index in [1.807, 2.05) is 48.1 Å². The third-order valence-corrected chi connectivity index (χ3v) is 5.73. The van der Waals surface area contributed by atoms with Crippen molar-refractivity contribution < 1.29 is 14.3 Å². The van der Waals surface area contributed by atoms with Crippen molar-refractivity contribution in [1.29, 1.82) is 0 Å². The van der Waals surface area contributed by atoms with E-state index in [-0.39, 0.29) is 17.4 Å². The molecule has 1 aliphatic heterocycles. The zero-order valence-electron chi connectivity index (χ0n) is 15.1. The molecule has 2 amide bonds. The minimum Gasteiger partial charge on any atom is -0.376 e. The first-order valence-corrected chi connectivity index (χ1v) is 8.84. The Morgan fingerprint density at radius 3 is 2.31 bits per heavy atom. The average Bonchev–Trinajstić information content (AvgIpc) is 3.32. The first-order chi connectivity index (χ1) is 12.5. The van der Waals surface area contributed by atoms with Gasteiger partial charge >= 0.3 is 0 Å². The van der Waals surface area contributed by atoms with E-state index in [1.54, 1.807) is 24.1 Å². The van der Waals surface area contributed by atoms with Crippen molar-refractivity contribution >= 4 is 11.8 Å². The summed E-state index contributed by atoms with van der Waals surface area (Å²) in [6.45, 7) is 0.923. The van der Waals surface area contributed by atoms with Gasteiger partial charge in [0.25, 0.3) is 11.8 Å². The van der Waals surface area contributed by atoms with E-state index in [1.165, 1.54) is 0 Å². The molecule has 1 aliphatic carbocycles. The summed E-state index contributed by atoms with van der Waals surface area (Å²) in [5.74, 6) is -0.145. The van der Waals surface area contributed by atoms with Gasteiger partial charge in [-0.3, -0.25) is 9.59 Å². The number of aryl methyl sites for hydroxylation is 1. The van der Waals surface area contributed by atoms with Crippen LogP contribution in [0.4, 0.5) is 0 Å². The molecular formula is C20H23N3O3. The van der Waals surface area contributed by atoms with Crippen LogP contribution >= 0.6 is 0 Å². The number of hydrogen-bond donors (Lipinski definition) is 1. The van der Waals surface area contributed by atoms with Crippen molar-refractivity contribution in [2.24, 2.45) is 7.05 Å². The summed E-state index contributed by atoms with van der Waals surface area (Å²) in [6.07, 6.45) is 3.64. The second-order valence-electron chi connectivity index (χ2n) is 7.27. The number of rotatable bonds is 5. The highest BCUT2D eigenvalue weighted by atomic mass is 16.5. The van der Waals surface area contributed by atoms with Crippen molar-refractivity contribution in [2.75, 3.05) is 20.2 Å². The molecule has 0 atom stereocenters. The van der Waals surface area contributed by atoms with Crippen LogP contribution in [0.2, 0.25) is 0 Å². The molecule has 6 nitrogen and oxygen atoms in total. The monoisotopic (exact) mass is 353 g/mol. The van der Waals surface area contributed by atoms with Crippen molar-refractivity contribution in [2.45, 2.75) is 24.0 Å². The summed E-state index contributed by atoms with van der Waals surface area (Å²) in [6, 6.07) is 12.8. The summed E-state index contributed by atoms with van der Waals surface area (Å²) >= 11 is 0. The van der Waals surface area contributed by atoms with Crippen molar-refractivity contribution in [3.05, 3.63) is 59.9 Å². The number of carbonyl (C=O) groups excluding carboxylic acids is 2. The van der Waals surface area contributed by atoms with Gasteiger partial charge in [0, 0.05) is 39.0 Å². The van der Waals surface area contributed by atoms with Crippen LogP contribution in [0.1, 0.15) is 33.7 Å². The second kappa shape index (κ2) is 5.99. The molecule has 2 fully saturated rings. The lowest BCUT2D eigenvalue weighted by molar-refractivity contribution is -0.0711. The van der Waals surface area contributed by atoms with Gasteiger partial charge in [0.2, 0.25) is 0 Å². The Hall–Kier alpha value is -2.60. The van der Waals surface area contributed by atoms with E-state index < -0.39 is 5.54 Å². The predicted molar refractivity (Wildman–Crippen MR) is 96.9 cm³/mol. The van der Waals surface area contributed by atoms with E-state index in [0.29, 0.717) is 24.3 Å². The molecule has 4 rings (SSSR count). The zero-order valence-corrected chi connectivity index (χ0v) is 15.1. The van der Waals surface area contributed by atoms with E-state index >= 15 is 0 Å². The standard InChI is InChI=1S/C20H23N3O3/c1-22-12-6-9-16(22)18(25)23-13-19(14-23,20(26-2)10-11-20)21-17(24)15-7-4-3-5-8-15/h3-9,12H,10-11,13-14H2,1-2H3,(H,21,24). The molecule has 0 bridgehead atoms. The molecule has 136 valence electrons. The maximum absolute atomic E-state index is 12.7. The minimum atomic E-state index is -0.532. The summed E-state index contributed by atoms with van der Waals surface area (Å²) in [7, 11) is 3.54. The molecule has 0 radical (unpaired) electrons. The van der Waals surface area contributed by atoms with Crippen LogP contribution in [0.5, 0.6) is 0 Å². The lowest BCUT2D eigenvalue weighted by atomic mass is 9.80. The van der Waals surface area contributed by atoms with Crippen LogP contribution in [0, 0.1) is 0 Å². The highest BCUT2D eigenvalue weighted by molar-refractivity contribution is 5.96. The minimum absolute atomic E-state index is 0.0195. The topological polar surface area (TPSA) is 63.6 Å². The first kappa shape index (κ1) is 16.8. The zero-order chi connectivity index (χ0) is 18.4. The van der Waals surface area contributed by atoms with Crippen LogP contribution in [-0.2, 0) is 11.8 Å². The largest absolute Gasteiger partial charge is 0.376 e. The summed E-state index contributed by atoms with van der Waals surface area (Å²) < 4.78 is 7.59. The third-order valence-electron chi connectivity index (χ3n) is 5.73. The van der Waals surface area contributed by atoms with Crippen LogP contribution in [0.3, 0.4) is 0 Å². The molecule has 1 saturated heterocycles. The number of ether oxygens (including phenoxy) is 1. The number of nitrogens with zero attached hydrogens (tertiary/aromatic N) is 2. The fourth-order valence-corrected chi connectivity index (χ4v) is 3.95. The molecule has 2 aliphatic rings. The lowest BCUT2D eigenvalue weighted by Crippen LogP contribution is -2.77. The van der Waals surface area contributed by atoms with Crippen LogP contribution < -0.4 is 5.32 Å². The molecule has 0 spiro atoms. The van der Waals surface area contributed by atoms with E-state index in [0.717, 1.165) is 12.8 Å². The normalized spacial score (nSPS) is 19.5. The Labute approximate surface area is 152 Å². The van der Waals surface area contributed by atoms with Crippen LogP contribution in [0.25, 0.3) is 0 Å². The molecule has 2 aromatic rings. The molecule has 1 N–H and O–H groups in total. The second-order valence-corrected chi connectivity index (χ2v) is 7.27. The van der Waals surface area contributed by atoms with Crippen molar-refractivity contribution in [3.63, 3.8) is 0 Å². The molecule has 1 saturated carbocycles. The van der Waals surface area contributed by atoms with Gasteiger partial charge in [-0.05, 0) is 37.1 Å². The maximum Gasteiger partial charge on any atom is 0.270 e. The van der Waals surface area contributed by atoms with Gasteiger partial charge in [0.05, 0.1) is 5.60 Å². The molecule has 0 unspecified atom stereocenters. The van der Waals surface area contributed by atoms with Crippen LogP contribution in [0.15, 0.2) is 48.7 Å². The number of carbonyl (C=O) groups is 2. The van der Waals surface area contributed by atoms with Crippen molar-refractivity contribution in [3.8, 4) is 0 Å². The molecular weight excluding hydrogens is 330 g/mol. The van der Waals surface area contributed by atoms with Gasteiger partial charge in [-0.15, -0.1) is 0 Å². The number of likely N-dealkylation sites (tertiary alicyclic amines) is 1. The SMILES string of the molecule is COC1(C2(NC(=O)c3ccccc3)CN(C(=O)c3cccn3C)C2)CC1. The predicted octanol–water partition coefficient (Wildman–Crippen LogP) is 1.83. The first-order valence-electron chi connectivity index (χ1n) is 8.84. The third kappa shape index (κ3) is 2.52. The fraction of sp³-hybridized carbons (Fsp3) is 0.400. The number of hydrogen-bond acceptors (Lipinski definition) is 3. The maximum atomic E-state index is 12.7. The number of nitrogens with one attached hydrogen (secondary N) is 1. The van der Waals surface area contributed by atoms with Gasteiger partial charge in [-0.25, -0.2) is 0 Å². The average molecular weight is 353 g/mol. The summed E-state index contributed by atoms with van der Waals surface area (Å²) in [5.41, 5.74) is 0.360. The number of methoxy groups -OCH3 is 1. The van der Waals surface area contributed by atoms with E-state index in [9.17, 15) is 9.59 Å². The van der Waals surface area contributed by atoms with Gasteiger partial charge in [0.15, 0.2) is 0 Å². The molecule has 1 aromatic carbocycles. The highest BCUT2D eigenvalue weighted by Crippen LogP contribution is 2.51. The van der Waals surface area contributed by atoms with Crippen LogP contribution in [-0.4, -0.2) is 52.6 Å². The lowest BCUT2D eigenvalue weighted by Gasteiger charge is -2.54. The fourth-order valence-electron chi connectivity index (χ4n) is 3.95. The number of amides is 2. The Balaban J connectivity index is 1.54. The number of aromatic nitrogens is 1. The highest BCUT2D eigenvalue weighted by Gasteiger charge is 2.66. The van der Waals surface area contributed by atoms with Gasteiger partial charge in [0.1, 0.15) is 11.2 Å². The van der Waals surface area contributed by atoms with Gasteiger partial charge in [-0.1, -0.05) is 18.2 Å². The summed E-state index contributed by atoms with van der Waals surface area (Å²) in [4.78, 5) is 27.2. The Morgan fingerprint density at radius 2 is 1.77 bits per heavy atom. The van der Waals surface area contributed by atoms with E-state index in [4.69, 9.17) is 4.74 Å². The Morgan fingerprint density at radius 1 is 1.08 bits per heavy atom. The Kier molecular flexibility index (Phi) is 3.88. The number of benzene rings is 1. The van der Waals surface area contributed by atoms with E-state index in [2.05, 4.69) is 5.32 Å². The molecule has 26 heavy (non-hydrogen) atoms. The Bertz CT molecular complexity index is 833. The van der Waals surface area contributed by atoms with Crippen molar-refractivity contribution in [1.82, 2.24) is 14.8 Å².